The standard InChI is InChI=1S/C16H22N2O4/c1-3-22-15(19)14-9-13-8-11(6-7-17)4-5-12(13)10-18(14)16(20)21-2/h6,12-14H,3-5,8-10H2,1-2H3/b11-6+/t12-,13+,14-/m0/s1. The highest BCUT2D eigenvalue weighted by Crippen LogP contribution is 2.41. The highest BCUT2D eigenvalue weighted by Gasteiger charge is 2.43. The van der Waals surface area contributed by atoms with Gasteiger partial charge in [-0.2, -0.15) is 5.26 Å². The Bertz CT molecular complexity index is 509. The zero-order chi connectivity index (χ0) is 16.1. The van der Waals surface area contributed by atoms with Gasteiger partial charge in [0.05, 0.1) is 19.8 Å². The number of hydrogen-bond donors (Lipinski definition) is 0. The third-order valence-electron chi connectivity index (χ3n) is 4.60. The van der Waals surface area contributed by atoms with Crippen molar-refractivity contribution in [2.24, 2.45) is 11.8 Å². The van der Waals surface area contributed by atoms with Crippen molar-refractivity contribution in [1.82, 2.24) is 4.90 Å². The molecule has 2 fully saturated rings. The minimum absolute atomic E-state index is 0.290. The Morgan fingerprint density at radius 3 is 2.86 bits per heavy atom. The Morgan fingerprint density at radius 1 is 1.45 bits per heavy atom. The van der Waals surface area contributed by atoms with Crippen LogP contribution in [-0.4, -0.2) is 43.3 Å². The normalized spacial score (nSPS) is 29.4. The fourth-order valence-corrected chi connectivity index (χ4v) is 3.53. The van der Waals surface area contributed by atoms with E-state index in [9.17, 15) is 9.59 Å². The van der Waals surface area contributed by atoms with Gasteiger partial charge < -0.3 is 9.47 Å². The predicted molar refractivity (Wildman–Crippen MR) is 78.7 cm³/mol. The Labute approximate surface area is 130 Å². The van der Waals surface area contributed by atoms with E-state index in [0.29, 0.717) is 24.8 Å². The number of piperidine rings is 1. The van der Waals surface area contributed by atoms with Crippen LogP contribution >= 0.6 is 0 Å². The average molecular weight is 306 g/mol. The number of rotatable bonds is 2. The number of methoxy groups -OCH3 is 1. The maximum absolute atomic E-state index is 12.2. The molecule has 0 aromatic carbocycles. The van der Waals surface area contributed by atoms with E-state index >= 15 is 0 Å². The maximum Gasteiger partial charge on any atom is 0.410 e. The highest BCUT2D eigenvalue weighted by molar-refractivity contribution is 5.81. The van der Waals surface area contributed by atoms with Gasteiger partial charge in [0.1, 0.15) is 6.04 Å². The highest BCUT2D eigenvalue weighted by atomic mass is 16.6. The van der Waals surface area contributed by atoms with E-state index in [1.54, 1.807) is 13.0 Å². The summed E-state index contributed by atoms with van der Waals surface area (Å²) in [5.41, 5.74) is 1.14. The van der Waals surface area contributed by atoms with E-state index in [4.69, 9.17) is 14.7 Å². The Kier molecular flexibility index (Phi) is 5.42. The molecule has 0 aromatic rings. The molecule has 1 aliphatic heterocycles. The number of nitriles is 1. The number of likely N-dealkylation sites (tertiary alicyclic amines) is 1. The number of nitrogens with zero attached hydrogens (tertiary/aromatic N) is 2. The molecule has 3 atom stereocenters. The lowest BCUT2D eigenvalue weighted by Crippen LogP contribution is -2.54. The number of ether oxygens (including phenoxy) is 2. The summed E-state index contributed by atoms with van der Waals surface area (Å²) in [7, 11) is 1.32. The molecule has 0 radical (unpaired) electrons. The number of fused-ring (bicyclic) bond motifs is 1. The molecule has 1 saturated heterocycles. The van der Waals surface area contributed by atoms with Gasteiger partial charge in [-0.25, -0.2) is 9.59 Å². The van der Waals surface area contributed by atoms with Crippen molar-refractivity contribution in [2.45, 2.75) is 38.6 Å². The smallest absolute Gasteiger partial charge is 0.410 e. The molecule has 6 nitrogen and oxygen atoms in total. The van der Waals surface area contributed by atoms with Crippen LogP contribution in [0.15, 0.2) is 11.6 Å². The summed E-state index contributed by atoms with van der Waals surface area (Å²) >= 11 is 0. The zero-order valence-electron chi connectivity index (χ0n) is 13.1. The lowest BCUT2D eigenvalue weighted by atomic mass is 9.71. The number of esters is 1. The van der Waals surface area contributed by atoms with Crippen LogP contribution in [0.25, 0.3) is 0 Å². The first-order valence-electron chi connectivity index (χ1n) is 7.69. The number of hydrogen-bond acceptors (Lipinski definition) is 5. The van der Waals surface area contributed by atoms with Crippen molar-refractivity contribution in [2.75, 3.05) is 20.3 Å². The Balaban J connectivity index is 2.16. The molecule has 2 rings (SSSR count). The van der Waals surface area contributed by atoms with E-state index in [2.05, 4.69) is 6.07 Å². The van der Waals surface area contributed by atoms with Crippen LogP contribution in [-0.2, 0) is 14.3 Å². The quantitative estimate of drug-likeness (QED) is 0.577. The molecule has 0 N–H and O–H groups in total. The van der Waals surface area contributed by atoms with E-state index in [1.165, 1.54) is 12.0 Å². The van der Waals surface area contributed by atoms with Gasteiger partial charge in [0, 0.05) is 12.6 Å². The van der Waals surface area contributed by atoms with Crippen LogP contribution in [0, 0.1) is 23.2 Å². The van der Waals surface area contributed by atoms with Crippen LogP contribution < -0.4 is 0 Å². The van der Waals surface area contributed by atoms with Crippen LogP contribution in [0.1, 0.15) is 32.6 Å². The molecule has 1 heterocycles. The third kappa shape index (κ3) is 3.41. The van der Waals surface area contributed by atoms with Gasteiger partial charge in [0.15, 0.2) is 0 Å². The second-order valence-electron chi connectivity index (χ2n) is 5.82. The summed E-state index contributed by atoms with van der Waals surface area (Å²) in [6.07, 6.45) is 4.34. The zero-order valence-corrected chi connectivity index (χ0v) is 13.1. The van der Waals surface area contributed by atoms with Crippen molar-refractivity contribution in [3.8, 4) is 6.07 Å². The molecule has 1 saturated carbocycles. The topological polar surface area (TPSA) is 79.6 Å². The minimum Gasteiger partial charge on any atom is -0.464 e. The van der Waals surface area contributed by atoms with Crippen LogP contribution in [0.3, 0.4) is 0 Å². The monoisotopic (exact) mass is 306 g/mol. The van der Waals surface area contributed by atoms with Crippen LogP contribution in [0.5, 0.6) is 0 Å². The molecule has 6 heteroatoms. The van der Waals surface area contributed by atoms with Gasteiger partial charge in [-0.05, 0) is 44.4 Å². The first-order valence-corrected chi connectivity index (χ1v) is 7.69. The lowest BCUT2D eigenvalue weighted by molar-refractivity contribution is -0.152. The summed E-state index contributed by atoms with van der Waals surface area (Å²) in [6, 6.07) is 1.50. The van der Waals surface area contributed by atoms with Crippen molar-refractivity contribution in [3.63, 3.8) is 0 Å². The summed E-state index contributed by atoms with van der Waals surface area (Å²) in [5, 5.41) is 8.80. The van der Waals surface area contributed by atoms with Crippen molar-refractivity contribution < 1.29 is 19.1 Å². The molecular weight excluding hydrogens is 284 g/mol. The Hall–Kier alpha value is -2.03. The van der Waals surface area contributed by atoms with Gasteiger partial charge >= 0.3 is 12.1 Å². The SMILES string of the molecule is CCOC(=O)[C@@H]1C[C@H]2C/C(=C/C#N)CC[C@H]2CN1C(=O)OC. The minimum atomic E-state index is -0.588. The van der Waals surface area contributed by atoms with Gasteiger partial charge in [-0.15, -0.1) is 0 Å². The van der Waals surface area contributed by atoms with Crippen LogP contribution in [0.4, 0.5) is 4.79 Å². The summed E-state index contributed by atoms with van der Waals surface area (Å²) in [6.45, 7) is 2.55. The van der Waals surface area contributed by atoms with Crippen LogP contribution in [0.2, 0.25) is 0 Å². The summed E-state index contributed by atoms with van der Waals surface area (Å²) in [5.74, 6) is 0.284. The second kappa shape index (κ2) is 7.30. The molecule has 1 aliphatic carbocycles. The van der Waals surface area contributed by atoms with E-state index < -0.39 is 12.1 Å². The predicted octanol–water partition coefficient (Wildman–Crippen LogP) is 2.26. The maximum atomic E-state index is 12.2. The first-order chi connectivity index (χ1) is 10.6. The Morgan fingerprint density at radius 2 is 2.23 bits per heavy atom. The van der Waals surface area contributed by atoms with Crippen molar-refractivity contribution in [3.05, 3.63) is 11.6 Å². The van der Waals surface area contributed by atoms with E-state index in [-0.39, 0.29) is 12.6 Å². The van der Waals surface area contributed by atoms with E-state index in [1.807, 2.05) is 0 Å². The molecule has 0 aromatic heterocycles. The fourth-order valence-electron chi connectivity index (χ4n) is 3.53. The van der Waals surface area contributed by atoms with Crippen molar-refractivity contribution in [1.29, 1.82) is 5.26 Å². The summed E-state index contributed by atoms with van der Waals surface area (Å²) in [4.78, 5) is 25.6. The molecule has 120 valence electrons. The molecule has 2 aliphatic rings. The molecular formula is C16H22N2O4. The number of allylic oxidation sites excluding steroid dienone is 2. The molecule has 0 spiro atoms. The second-order valence-corrected chi connectivity index (χ2v) is 5.82. The first kappa shape index (κ1) is 16.3. The van der Waals surface area contributed by atoms with Gasteiger partial charge in [0.25, 0.3) is 0 Å². The third-order valence-corrected chi connectivity index (χ3v) is 4.60. The van der Waals surface area contributed by atoms with E-state index in [0.717, 1.165) is 24.8 Å². The fraction of sp³-hybridized carbons (Fsp3) is 0.688. The molecule has 0 bridgehead atoms. The average Bonchev–Trinajstić information content (AvgIpc) is 2.53. The number of carbonyl (C=O) groups excluding carboxylic acids is 2. The van der Waals surface area contributed by atoms with Gasteiger partial charge in [0.2, 0.25) is 0 Å². The van der Waals surface area contributed by atoms with Gasteiger partial charge in [-0.3, -0.25) is 4.90 Å². The number of carbonyl (C=O) groups is 2. The largest absolute Gasteiger partial charge is 0.464 e. The lowest BCUT2D eigenvalue weighted by Gasteiger charge is -2.44. The van der Waals surface area contributed by atoms with Crippen molar-refractivity contribution >= 4 is 12.1 Å². The number of amides is 1. The molecule has 0 unspecified atom stereocenters. The molecule has 1 amide bonds. The molecule has 22 heavy (non-hydrogen) atoms. The summed E-state index contributed by atoms with van der Waals surface area (Å²) < 4.78 is 9.92. The van der Waals surface area contributed by atoms with Gasteiger partial charge in [-0.1, -0.05) is 5.57 Å².